The molecule has 0 spiro atoms. The Balaban J connectivity index is 0.000000224. The average Bonchev–Trinajstić information content (AvgIpc) is 0.651. The summed E-state index contributed by atoms with van der Waals surface area (Å²) >= 11 is 78.8. The number of aldehydes is 3. The third kappa shape index (κ3) is 30.8. The van der Waals surface area contributed by atoms with Crippen molar-refractivity contribution in [1.29, 1.82) is 0 Å². The van der Waals surface area contributed by atoms with Gasteiger partial charge in [0, 0.05) is 85.6 Å². The molecule has 120 heavy (non-hydrogen) atoms. The number of aromatic hydroxyl groups is 1. The molecule has 0 fully saturated rings. The number of carbonyl (C=O) groups is 7. The monoisotopic (exact) mass is 2020 g/mol. The maximum absolute atomic E-state index is 13.1. The Bertz CT molecular complexity index is 5720. The Morgan fingerprint density at radius 2 is 0.733 bits per heavy atom. The Labute approximate surface area is 764 Å². The van der Waals surface area contributed by atoms with Crippen molar-refractivity contribution in [1.82, 2.24) is 0 Å². The predicted molar refractivity (Wildman–Crippen MR) is 477 cm³/mol. The number of phenols is 1. The molecule has 12 aromatic rings. The molecule has 12 rings (SSSR count). The molecule has 0 aliphatic carbocycles. The number of methoxy groups -OCH3 is 3. The minimum Gasteiger partial charge on any atom is -0.507 e. The molecule has 0 saturated carbocycles. The smallest absolute Gasteiger partial charge is 0.507 e. The first-order chi connectivity index (χ1) is 56.6. The van der Waals surface area contributed by atoms with Crippen LogP contribution in [0.5, 0.6) is 11.5 Å². The maximum Gasteiger partial charge on any atom is 0.534 e. The number of hydrogen-bond donors (Lipinski definition) is 4. The number of aliphatic hydroxyl groups excluding tert-OH is 1. The summed E-state index contributed by atoms with van der Waals surface area (Å²) in [6, 6.07) is 62.5. The van der Waals surface area contributed by atoms with Crippen molar-refractivity contribution in [3.05, 3.63) is 361 Å². The second kappa shape index (κ2) is 47.8. The van der Waals surface area contributed by atoms with E-state index in [9.17, 15) is 60.3 Å². The van der Waals surface area contributed by atoms with Gasteiger partial charge in [0.15, 0.2) is 30.4 Å². The largest absolute Gasteiger partial charge is 0.534 e. The fraction of sp³-hybridized carbons (Fsp3) is 0.0595. The van der Waals surface area contributed by atoms with Crippen molar-refractivity contribution in [2.24, 2.45) is 0 Å². The van der Waals surface area contributed by atoms with E-state index in [0.29, 0.717) is 128 Å². The van der Waals surface area contributed by atoms with Gasteiger partial charge in [-0.1, -0.05) is 193 Å². The average molecular weight is 2030 g/mol. The summed E-state index contributed by atoms with van der Waals surface area (Å²) in [6.45, 7) is 0. The highest BCUT2D eigenvalue weighted by Crippen LogP contribution is 2.39. The number of alkyl halides is 3. The van der Waals surface area contributed by atoms with Crippen LogP contribution < -0.4 is 9.65 Å². The van der Waals surface area contributed by atoms with Crippen molar-refractivity contribution < 1.29 is 93.8 Å². The fourth-order valence-corrected chi connectivity index (χ4v) is 13.9. The summed E-state index contributed by atoms with van der Waals surface area (Å²) in [5.41, 5.74) is 2.90. The number of phenolic OH excluding ortho intramolecular Hbond substituents is 1. The van der Waals surface area contributed by atoms with E-state index in [2.05, 4.69) is 36.2 Å². The third-order valence-electron chi connectivity index (χ3n) is 15.6. The van der Waals surface area contributed by atoms with Crippen LogP contribution in [0.2, 0.25) is 65.3 Å². The topological polar surface area (TPSA) is 271 Å². The lowest BCUT2D eigenvalue weighted by molar-refractivity contribution is -0.0500. The number of aliphatic hydroxyl groups is 1. The zero-order chi connectivity index (χ0) is 89.0. The molecular weight excluding hydrogens is 1970 g/mol. The van der Waals surface area contributed by atoms with E-state index in [1.807, 2.05) is 18.2 Å². The van der Waals surface area contributed by atoms with Crippen molar-refractivity contribution >= 4 is 239 Å². The number of rotatable bonds is 16. The minimum absolute atomic E-state index is 0.0422. The number of ether oxygens (including phenoxy) is 3. The molecule has 0 radical (unpaired) electrons. The summed E-state index contributed by atoms with van der Waals surface area (Å²) in [4.78, 5) is 78.8. The fourth-order valence-electron chi connectivity index (χ4n) is 10.0. The van der Waals surface area contributed by atoms with Gasteiger partial charge in [-0.05, 0) is 267 Å². The SMILES string of the molecule is COC(=O)c1ccc(C(=O)c2cc(Cl)ccc2-c2cc(Cl)cc(Cl)c2)cc1.COC(=O)c1ccc(C(O)c2cc(Cl)ccc2-c2cc(Cl)cc(Cl)c2)cc1.COC(=O)c1ccc(I)cc1.O=Cc1cc(Cl)ccc1-c1cc(Cl)cc(Cl)c1.O=Cc1cc(Cl)ccc1O.O=Cc1cc(Cl)ccc1OS(=O)(=O)C(F)(F)F.OB(O)c1cc(Cl)cc(Cl)c1. The molecule has 4 N–H and O–H groups in total. The van der Waals surface area contributed by atoms with Gasteiger partial charge in [-0.15, -0.1) is 0 Å². The number of carbonyl (C=O) groups excluding carboxylic acids is 7. The molecule has 1 atom stereocenters. The molecule has 1 unspecified atom stereocenters. The molecule has 36 heteroatoms. The van der Waals surface area contributed by atoms with E-state index in [0.717, 1.165) is 50.3 Å². The Morgan fingerprint density at radius 1 is 0.400 bits per heavy atom. The van der Waals surface area contributed by atoms with E-state index in [4.69, 9.17) is 171 Å². The number of halogens is 17. The van der Waals surface area contributed by atoms with E-state index in [1.54, 1.807) is 164 Å². The van der Waals surface area contributed by atoms with Gasteiger partial charge in [0.1, 0.15) is 11.9 Å². The zero-order valence-electron chi connectivity index (χ0n) is 61.3. The van der Waals surface area contributed by atoms with Crippen LogP contribution in [-0.2, 0) is 24.3 Å². The number of hydrogen-bond acceptors (Lipinski definition) is 17. The van der Waals surface area contributed by atoms with Crippen LogP contribution >= 0.6 is 173 Å². The van der Waals surface area contributed by atoms with E-state index in [-0.39, 0.29) is 34.4 Å². The summed E-state index contributed by atoms with van der Waals surface area (Å²) in [7, 11) is -3.32. The molecule has 17 nitrogen and oxygen atoms in total. The van der Waals surface area contributed by atoms with Gasteiger partial charge in [0.05, 0.1) is 49.1 Å². The molecule has 0 heterocycles. The van der Waals surface area contributed by atoms with Gasteiger partial charge in [-0.25, -0.2) is 14.4 Å². The summed E-state index contributed by atoms with van der Waals surface area (Å²) in [5, 5.41) is 43.0. The van der Waals surface area contributed by atoms with Gasteiger partial charge < -0.3 is 38.7 Å². The summed E-state index contributed by atoms with van der Waals surface area (Å²) in [5.74, 6) is -2.21. The first kappa shape index (κ1) is 100. The highest BCUT2D eigenvalue weighted by atomic mass is 127. The quantitative estimate of drug-likeness (QED) is 0.0102. The standard InChI is InChI=1S/C21H15Cl3O3.C21H13Cl3O3.C13H7Cl3O.C8H4ClF3O4S.C8H7IO2.C7H5ClO2.C6H5BCl2O2/c2*1-27-21(26)13-4-2-12(3-5-13)20(25)19-11-15(22)6-7-18(19)14-8-16(23)10-17(24)9-14;14-10-1-2-13(9(5-10)7-17)8-3-11(15)6-12(16)4-8;9-6-1-2-7(5(3-6)4-13)16-17(14,15)8(10,11)12;1-11-8(10)6-2-4-7(9)5-3-6;8-6-1-2-7(10)5(3-6)4-9;8-5-1-4(7(10)11)2-6(9)3-5/h2-11,20,25H,1H3;2-11H,1H3;1-7H;1-4H;2-5H,1H3;1-4,10H;1-3,10-11H. The van der Waals surface area contributed by atoms with Crippen LogP contribution in [-0.4, -0.2) is 105 Å². The summed E-state index contributed by atoms with van der Waals surface area (Å²) in [6.07, 6.45) is 0.493. The molecule has 12 aromatic carbocycles. The lowest BCUT2D eigenvalue weighted by Gasteiger charge is -2.17. The van der Waals surface area contributed by atoms with Gasteiger partial charge >= 0.3 is 40.7 Å². The first-order valence-corrected chi connectivity index (χ1v) is 40.7. The van der Waals surface area contributed by atoms with Crippen LogP contribution in [0.25, 0.3) is 33.4 Å². The van der Waals surface area contributed by atoms with Gasteiger partial charge in [0.2, 0.25) is 0 Å². The minimum atomic E-state index is -5.80. The maximum atomic E-state index is 13.1. The van der Waals surface area contributed by atoms with Crippen molar-refractivity contribution in [2.75, 3.05) is 21.3 Å². The number of esters is 3. The third-order valence-corrected chi connectivity index (χ3v) is 20.2. The molecule has 0 amide bonds. The van der Waals surface area contributed by atoms with Crippen molar-refractivity contribution in [2.45, 2.75) is 11.6 Å². The van der Waals surface area contributed by atoms with Crippen molar-refractivity contribution in [3.63, 3.8) is 0 Å². The lowest BCUT2D eigenvalue weighted by atomic mass is 9.80. The van der Waals surface area contributed by atoms with Crippen LogP contribution in [0.3, 0.4) is 0 Å². The molecule has 0 bridgehead atoms. The second-order valence-electron chi connectivity index (χ2n) is 23.8. The summed E-state index contributed by atoms with van der Waals surface area (Å²) < 4.78 is 76.2. The Morgan fingerprint density at radius 3 is 1.14 bits per heavy atom. The molecular formula is C84H56BCl13F3IO17S. The predicted octanol–water partition coefficient (Wildman–Crippen LogP) is 24.6. The Kier molecular flexibility index (Phi) is 40.0. The highest BCUT2D eigenvalue weighted by molar-refractivity contribution is 14.1. The lowest BCUT2D eigenvalue weighted by Crippen LogP contribution is -2.29. The van der Waals surface area contributed by atoms with E-state index in [1.165, 1.54) is 57.7 Å². The highest BCUT2D eigenvalue weighted by Gasteiger charge is 2.49. The van der Waals surface area contributed by atoms with Crippen LogP contribution in [0.15, 0.2) is 237 Å². The zero-order valence-corrected chi connectivity index (χ0v) is 74.1. The van der Waals surface area contributed by atoms with Gasteiger partial charge in [0.25, 0.3) is 0 Å². The molecule has 0 saturated heterocycles. The normalized spacial score (nSPS) is 10.8. The van der Waals surface area contributed by atoms with E-state index >= 15 is 0 Å². The van der Waals surface area contributed by atoms with Crippen molar-refractivity contribution in [3.8, 4) is 44.9 Å². The van der Waals surface area contributed by atoms with Crippen LogP contribution in [0.1, 0.15) is 95.3 Å². The molecule has 0 aliphatic rings. The number of benzene rings is 12. The van der Waals surface area contributed by atoms with Crippen LogP contribution in [0.4, 0.5) is 13.2 Å². The van der Waals surface area contributed by atoms with E-state index < -0.39 is 52.1 Å². The second-order valence-corrected chi connectivity index (χ2v) is 32.3. The molecule has 622 valence electrons. The van der Waals surface area contributed by atoms with Gasteiger partial charge in [-0.2, -0.15) is 21.6 Å². The molecule has 0 aliphatic heterocycles. The van der Waals surface area contributed by atoms with Gasteiger partial charge in [-0.3, -0.25) is 19.2 Å². The Hall–Kier alpha value is -8.49. The molecule has 0 aromatic heterocycles. The first-order valence-electron chi connectivity index (χ1n) is 33.3. The van der Waals surface area contributed by atoms with Crippen LogP contribution in [0, 0.1) is 3.57 Å². The number of ketones is 1.